The van der Waals surface area contributed by atoms with E-state index in [1.807, 2.05) is 0 Å². The SMILES string of the molecule is CC1=C(F)C(B(c2ccc(F)c(C(F)(F)F)c2F)[C@H]2CCC(F)C(C(F)(F)F)=C2F)CCC1F. The zero-order valence-electron chi connectivity index (χ0n) is 17.4. The van der Waals surface area contributed by atoms with Gasteiger partial charge >= 0.3 is 12.4 Å². The standard InChI is InChI=1S/C21H17BF12/c1-8-12(23)5-2-9(17(8)26)22(10-3-6-13(24)15(18(10)27)20(29,30)31)11-4-7-14(25)16(19(11)28)21(32,33)34/h3,6,9,11-12,14H,2,4-5,7H2,1H3/t9?,11-,12?,14?/m0/s1. The summed E-state index contributed by atoms with van der Waals surface area (Å²) in [5, 5.41) is 0. The first kappa shape index (κ1) is 26.5. The fraction of sp³-hybridized carbons (Fsp3) is 0.524. The molecule has 188 valence electrons. The highest BCUT2D eigenvalue weighted by atomic mass is 19.4. The molecule has 0 spiro atoms. The Morgan fingerprint density at radius 3 is 1.79 bits per heavy atom. The smallest absolute Gasteiger partial charge is 0.243 e. The summed E-state index contributed by atoms with van der Waals surface area (Å²) in [7, 11) is 0. The maximum atomic E-state index is 15.1. The molecule has 0 bridgehead atoms. The van der Waals surface area contributed by atoms with Crippen molar-refractivity contribution in [2.45, 2.75) is 68.9 Å². The van der Waals surface area contributed by atoms with Crippen molar-refractivity contribution in [3.8, 4) is 0 Å². The number of hydrogen-bond acceptors (Lipinski definition) is 0. The van der Waals surface area contributed by atoms with E-state index in [-0.39, 0.29) is 6.07 Å². The molecule has 0 radical (unpaired) electrons. The zero-order valence-corrected chi connectivity index (χ0v) is 17.4. The molecule has 1 aromatic carbocycles. The molecule has 4 atom stereocenters. The average molecular weight is 508 g/mol. The first-order valence-electron chi connectivity index (χ1n) is 10.2. The van der Waals surface area contributed by atoms with Crippen molar-refractivity contribution >= 4 is 12.2 Å². The fourth-order valence-electron chi connectivity index (χ4n) is 4.84. The van der Waals surface area contributed by atoms with Gasteiger partial charge in [0.05, 0.1) is 11.4 Å². The largest absolute Gasteiger partial charge is 0.422 e. The summed E-state index contributed by atoms with van der Waals surface area (Å²) in [4.78, 5) is 0. The van der Waals surface area contributed by atoms with Crippen LogP contribution in [0, 0.1) is 11.6 Å². The molecule has 13 heteroatoms. The summed E-state index contributed by atoms with van der Waals surface area (Å²) in [5.41, 5.74) is -6.19. The minimum absolute atomic E-state index is 0.191. The maximum absolute atomic E-state index is 15.1. The lowest BCUT2D eigenvalue weighted by Gasteiger charge is -2.37. The van der Waals surface area contributed by atoms with Crippen LogP contribution in [-0.4, -0.2) is 25.2 Å². The van der Waals surface area contributed by atoms with Crippen molar-refractivity contribution in [2.24, 2.45) is 0 Å². The van der Waals surface area contributed by atoms with Gasteiger partial charge < -0.3 is 0 Å². The molecule has 3 unspecified atom stereocenters. The normalized spacial score (nSPS) is 26.9. The van der Waals surface area contributed by atoms with Crippen LogP contribution in [0.25, 0.3) is 0 Å². The third-order valence-electron chi connectivity index (χ3n) is 6.47. The third-order valence-corrected chi connectivity index (χ3v) is 6.47. The molecular weight excluding hydrogens is 491 g/mol. The molecule has 0 amide bonds. The van der Waals surface area contributed by atoms with Gasteiger partial charge in [-0.15, -0.1) is 0 Å². The number of hydrogen-bond donors (Lipinski definition) is 0. The molecule has 2 aliphatic rings. The van der Waals surface area contributed by atoms with Crippen LogP contribution in [0.4, 0.5) is 52.7 Å². The molecule has 0 nitrogen and oxygen atoms in total. The summed E-state index contributed by atoms with van der Waals surface area (Å²) < 4.78 is 167. The van der Waals surface area contributed by atoms with Crippen molar-refractivity contribution < 1.29 is 52.7 Å². The van der Waals surface area contributed by atoms with E-state index in [0.717, 1.165) is 6.92 Å². The molecule has 3 rings (SSSR count). The van der Waals surface area contributed by atoms with E-state index in [1.54, 1.807) is 0 Å². The van der Waals surface area contributed by atoms with Gasteiger partial charge in [-0.3, -0.25) is 0 Å². The quantitative estimate of drug-likeness (QED) is 0.290. The highest BCUT2D eigenvalue weighted by Crippen LogP contribution is 2.50. The maximum Gasteiger partial charge on any atom is 0.422 e. The Bertz CT molecular complexity index is 1010. The molecular formula is C21H17BF12. The van der Waals surface area contributed by atoms with E-state index in [0.29, 0.717) is 6.07 Å². The summed E-state index contributed by atoms with van der Waals surface area (Å²) >= 11 is 0. The molecule has 0 N–H and O–H groups in total. The Hall–Kier alpha value is -2.08. The van der Waals surface area contributed by atoms with Crippen LogP contribution < -0.4 is 5.46 Å². The molecule has 0 saturated carbocycles. The Balaban J connectivity index is 2.30. The second-order valence-corrected chi connectivity index (χ2v) is 8.44. The molecule has 0 saturated heterocycles. The van der Waals surface area contributed by atoms with E-state index in [1.165, 1.54) is 0 Å². The van der Waals surface area contributed by atoms with Crippen LogP contribution in [0.5, 0.6) is 0 Å². The minimum Gasteiger partial charge on any atom is -0.243 e. The van der Waals surface area contributed by atoms with E-state index in [2.05, 4.69) is 0 Å². The number of allylic oxidation sites excluding steroid dienone is 4. The van der Waals surface area contributed by atoms with Gasteiger partial charge in [-0.05, 0) is 61.3 Å². The fourth-order valence-corrected chi connectivity index (χ4v) is 4.84. The van der Waals surface area contributed by atoms with Gasteiger partial charge in [-0.1, -0.05) is 6.07 Å². The minimum atomic E-state index is -5.57. The van der Waals surface area contributed by atoms with Crippen LogP contribution in [0.15, 0.2) is 34.9 Å². The second kappa shape index (κ2) is 9.18. The molecule has 34 heavy (non-hydrogen) atoms. The highest BCUT2D eigenvalue weighted by Gasteiger charge is 2.52. The predicted octanol–water partition coefficient (Wildman–Crippen LogP) is 7.72. The number of alkyl halides is 8. The Morgan fingerprint density at radius 2 is 1.26 bits per heavy atom. The van der Waals surface area contributed by atoms with Crippen LogP contribution in [0.2, 0.25) is 11.6 Å². The summed E-state index contributed by atoms with van der Waals surface area (Å²) in [6.07, 6.45) is -18.2. The van der Waals surface area contributed by atoms with Crippen LogP contribution in [0.1, 0.15) is 38.2 Å². The Morgan fingerprint density at radius 1 is 0.735 bits per heavy atom. The third kappa shape index (κ3) is 4.71. The van der Waals surface area contributed by atoms with Gasteiger partial charge in [-0.2, -0.15) is 26.3 Å². The van der Waals surface area contributed by atoms with Gasteiger partial charge in [-0.25, -0.2) is 26.3 Å². The van der Waals surface area contributed by atoms with Crippen LogP contribution in [0.3, 0.4) is 0 Å². The first-order chi connectivity index (χ1) is 15.6. The van der Waals surface area contributed by atoms with Crippen molar-refractivity contribution in [3.05, 3.63) is 52.1 Å². The Kier molecular flexibility index (Phi) is 7.16. The van der Waals surface area contributed by atoms with Crippen LogP contribution in [-0.2, 0) is 6.18 Å². The molecule has 0 aliphatic heterocycles. The van der Waals surface area contributed by atoms with Gasteiger partial charge in [0.15, 0.2) is 6.71 Å². The van der Waals surface area contributed by atoms with Gasteiger partial charge in [0.1, 0.15) is 35.4 Å². The number of halogens is 12. The van der Waals surface area contributed by atoms with E-state index in [4.69, 9.17) is 0 Å². The zero-order chi connectivity index (χ0) is 25.7. The topological polar surface area (TPSA) is 0 Å². The Labute approximate surface area is 186 Å². The van der Waals surface area contributed by atoms with E-state index in [9.17, 15) is 39.5 Å². The second-order valence-electron chi connectivity index (χ2n) is 8.44. The molecule has 2 aliphatic carbocycles. The molecule has 0 heterocycles. The first-order valence-corrected chi connectivity index (χ1v) is 10.2. The summed E-state index contributed by atoms with van der Waals surface area (Å²) in [6.45, 7) is -1.05. The molecule has 0 aromatic heterocycles. The monoisotopic (exact) mass is 508 g/mol. The lowest BCUT2D eigenvalue weighted by molar-refractivity contribution is -0.142. The molecule has 1 aromatic rings. The van der Waals surface area contributed by atoms with Crippen molar-refractivity contribution in [1.82, 2.24) is 0 Å². The van der Waals surface area contributed by atoms with Crippen molar-refractivity contribution in [1.29, 1.82) is 0 Å². The lowest BCUT2D eigenvalue weighted by atomic mass is 9.28. The van der Waals surface area contributed by atoms with Gasteiger partial charge in [0.2, 0.25) is 0 Å². The van der Waals surface area contributed by atoms with Crippen molar-refractivity contribution in [3.63, 3.8) is 0 Å². The van der Waals surface area contributed by atoms with E-state index >= 15 is 13.2 Å². The van der Waals surface area contributed by atoms with Gasteiger partial charge in [0, 0.05) is 0 Å². The van der Waals surface area contributed by atoms with Gasteiger partial charge in [0.25, 0.3) is 0 Å². The number of rotatable bonds is 3. The van der Waals surface area contributed by atoms with Crippen LogP contribution >= 0.6 is 0 Å². The summed E-state index contributed by atoms with van der Waals surface area (Å²) in [5.74, 6) is -11.4. The predicted molar refractivity (Wildman–Crippen MR) is 101 cm³/mol. The average Bonchev–Trinajstić information content (AvgIpc) is 2.68. The summed E-state index contributed by atoms with van der Waals surface area (Å²) in [6, 6.07) is 0.660. The number of benzene rings is 1. The lowest BCUT2D eigenvalue weighted by Crippen LogP contribution is -2.46. The highest BCUT2D eigenvalue weighted by molar-refractivity contribution is 6.77. The van der Waals surface area contributed by atoms with Crippen molar-refractivity contribution in [2.75, 3.05) is 0 Å². The molecule has 0 fully saturated rings. The van der Waals surface area contributed by atoms with E-state index < -0.39 is 114 Å².